The minimum atomic E-state index is -3.88. The van der Waals surface area contributed by atoms with E-state index in [2.05, 4.69) is 10.6 Å². The normalized spacial score (nSPS) is 13.0. The number of carbonyl (C=O) groups is 2. The highest BCUT2D eigenvalue weighted by Gasteiger charge is 2.29. The third-order valence-electron chi connectivity index (χ3n) is 5.45. The van der Waals surface area contributed by atoms with Gasteiger partial charge in [-0.1, -0.05) is 18.2 Å². The Balaban J connectivity index is 1.50. The number of hydrogen-bond acceptors (Lipinski definition) is 7. The topological polar surface area (TPSA) is 115 Å². The highest BCUT2D eigenvalue weighted by atomic mass is 32.2. The van der Waals surface area contributed by atoms with Gasteiger partial charge in [-0.2, -0.15) is 0 Å². The first-order valence-electron chi connectivity index (χ1n) is 11.1. The van der Waals surface area contributed by atoms with Gasteiger partial charge in [-0.25, -0.2) is 8.42 Å². The molecule has 0 unspecified atom stereocenters. The van der Waals surface area contributed by atoms with Crippen LogP contribution in [0, 0.1) is 0 Å². The summed E-state index contributed by atoms with van der Waals surface area (Å²) < 4.78 is 36.2. The molecule has 0 radical (unpaired) electrons. The summed E-state index contributed by atoms with van der Waals surface area (Å²) in [6.45, 7) is 3.58. The van der Waals surface area contributed by atoms with Gasteiger partial charge in [0.05, 0.1) is 10.5 Å². The van der Waals surface area contributed by atoms with Crippen LogP contribution in [-0.2, 0) is 27.4 Å². The number of aryl methyl sites for hydroxylation is 1. The summed E-state index contributed by atoms with van der Waals surface area (Å²) >= 11 is 1.38. The lowest BCUT2D eigenvalue weighted by atomic mass is 10.1. The highest BCUT2D eigenvalue weighted by molar-refractivity contribution is 7.91. The zero-order chi connectivity index (χ0) is 24.1. The fourth-order valence-corrected chi connectivity index (χ4v) is 6.28. The number of benzene rings is 1. The number of furan rings is 1. The number of carbonyl (C=O) groups excluding carboxylic acids is 2. The summed E-state index contributed by atoms with van der Waals surface area (Å²) in [4.78, 5) is 27.0. The molecule has 2 heterocycles. The predicted molar refractivity (Wildman–Crippen MR) is 128 cm³/mol. The molecule has 1 aliphatic carbocycles. The lowest BCUT2D eigenvalue weighted by molar-refractivity contribution is 0.0944. The van der Waals surface area contributed by atoms with Gasteiger partial charge in [-0.3, -0.25) is 9.59 Å². The monoisotopic (exact) mass is 502 g/mol. The van der Waals surface area contributed by atoms with E-state index in [1.165, 1.54) is 35.6 Å². The van der Waals surface area contributed by atoms with Crippen molar-refractivity contribution in [1.29, 1.82) is 0 Å². The predicted octanol–water partition coefficient (Wildman–Crippen LogP) is 4.07. The van der Waals surface area contributed by atoms with E-state index >= 15 is 0 Å². The van der Waals surface area contributed by atoms with Crippen molar-refractivity contribution in [2.45, 2.75) is 42.6 Å². The van der Waals surface area contributed by atoms with Crippen molar-refractivity contribution in [3.8, 4) is 0 Å². The number of sulfone groups is 1. The van der Waals surface area contributed by atoms with Gasteiger partial charge in [0, 0.05) is 24.6 Å². The summed E-state index contributed by atoms with van der Waals surface area (Å²) in [7, 11) is -3.88. The van der Waals surface area contributed by atoms with Crippen LogP contribution in [0.25, 0.3) is 0 Å². The standard InChI is InChI=1S/C24H26N2O6S2/c1-2-31-15-7-14-25-23(28)21-17-10-6-11-19(17)33-24(21)26-22(27)18-12-13-20(32-18)34(29,30)16-8-4-3-5-9-16/h3-5,8-9,12-13H,2,6-7,10-11,14-15H2,1H3,(H,25,28)(H,26,27). The fraction of sp³-hybridized carbons (Fsp3) is 0.333. The Hall–Kier alpha value is -2.95. The minimum Gasteiger partial charge on any atom is -0.439 e. The molecule has 2 amide bonds. The molecule has 0 atom stereocenters. The van der Waals surface area contributed by atoms with Gasteiger partial charge in [-0.15, -0.1) is 11.3 Å². The number of hydrogen-bond donors (Lipinski definition) is 2. The van der Waals surface area contributed by atoms with Gasteiger partial charge in [0.15, 0.2) is 5.76 Å². The molecule has 3 aromatic rings. The summed E-state index contributed by atoms with van der Waals surface area (Å²) in [5.41, 5.74) is 1.44. The lowest BCUT2D eigenvalue weighted by Crippen LogP contribution is -2.27. The maximum atomic E-state index is 12.9. The number of nitrogens with one attached hydrogen (secondary N) is 2. The second kappa shape index (κ2) is 10.5. The Labute approximate surface area is 202 Å². The number of rotatable bonds is 10. The molecular formula is C24H26N2O6S2. The third kappa shape index (κ3) is 5.08. The highest BCUT2D eigenvalue weighted by Crippen LogP contribution is 2.39. The molecule has 34 heavy (non-hydrogen) atoms. The molecule has 1 aliphatic rings. The van der Waals surface area contributed by atoms with E-state index in [-0.39, 0.29) is 21.7 Å². The second-order valence-corrected chi connectivity index (χ2v) is 10.7. The van der Waals surface area contributed by atoms with Crippen molar-refractivity contribution < 1.29 is 27.2 Å². The quantitative estimate of drug-likeness (QED) is 0.404. The van der Waals surface area contributed by atoms with E-state index in [1.54, 1.807) is 18.2 Å². The number of ether oxygens (including phenoxy) is 1. The summed E-state index contributed by atoms with van der Waals surface area (Å²) in [6, 6.07) is 10.4. The fourth-order valence-electron chi connectivity index (χ4n) is 3.81. The Kier molecular flexibility index (Phi) is 7.50. The van der Waals surface area contributed by atoms with Crippen LogP contribution in [0.1, 0.15) is 51.1 Å². The molecule has 8 nitrogen and oxygen atoms in total. The Morgan fingerprint density at radius 1 is 1.09 bits per heavy atom. The second-order valence-electron chi connectivity index (χ2n) is 7.76. The van der Waals surface area contributed by atoms with Gasteiger partial charge in [-0.05, 0) is 62.4 Å². The molecule has 0 fully saturated rings. The van der Waals surface area contributed by atoms with Gasteiger partial charge in [0.1, 0.15) is 5.00 Å². The van der Waals surface area contributed by atoms with E-state index in [0.717, 1.165) is 29.7 Å². The molecule has 0 saturated carbocycles. The van der Waals surface area contributed by atoms with Crippen LogP contribution in [0.15, 0.2) is 56.9 Å². The van der Waals surface area contributed by atoms with Gasteiger partial charge >= 0.3 is 0 Å². The molecule has 1 aromatic carbocycles. The maximum absolute atomic E-state index is 12.9. The average Bonchev–Trinajstić information content (AvgIpc) is 3.56. The van der Waals surface area contributed by atoms with Crippen molar-refractivity contribution in [1.82, 2.24) is 5.32 Å². The van der Waals surface area contributed by atoms with Crippen molar-refractivity contribution in [3.05, 3.63) is 64.2 Å². The lowest BCUT2D eigenvalue weighted by Gasteiger charge is -2.09. The Morgan fingerprint density at radius 3 is 2.65 bits per heavy atom. The molecule has 0 saturated heterocycles. The average molecular weight is 503 g/mol. The van der Waals surface area contributed by atoms with Crippen molar-refractivity contribution in [2.24, 2.45) is 0 Å². The zero-order valence-corrected chi connectivity index (χ0v) is 20.4. The summed E-state index contributed by atoms with van der Waals surface area (Å²) in [5.74, 6) is -0.996. The summed E-state index contributed by atoms with van der Waals surface area (Å²) in [6.07, 6.45) is 3.31. The number of fused-ring (bicyclic) bond motifs is 1. The Morgan fingerprint density at radius 2 is 1.88 bits per heavy atom. The van der Waals surface area contributed by atoms with Crippen molar-refractivity contribution in [3.63, 3.8) is 0 Å². The third-order valence-corrected chi connectivity index (χ3v) is 8.30. The molecule has 0 bridgehead atoms. The maximum Gasteiger partial charge on any atom is 0.292 e. The SMILES string of the molecule is CCOCCCNC(=O)c1c(NC(=O)c2ccc(S(=O)(=O)c3ccccc3)o2)sc2c1CCC2. The van der Waals surface area contributed by atoms with Crippen LogP contribution in [-0.4, -0.2) is 40.0 Å². The minimum absolute atomic E-state index is 0.0780. The first-order chi connectivity index (χ1) is 16.4. The van der Waals surface area contributed by atoms with E-state index in [4.69, 9.17) is 9.15 Å². The van der Waals surface area contributed by atoms with E-state index < -0.39 is 15.7 Å². The molecular weight excluding hydrogens is 476 g/mol. The molecule has 2 N–H and O–H groups in total. The first kappa shape index (κ1) is 24.2. The van der Waals surface area contributed by atoms with Crippen LogP contribution in [0.2, 0.25) is 0 Å². The molecule has 180 valence electrons. The van der Waals surface area contributed by atoms with Crippen LogP contribution in [0.3, 0.4) is 0 Å². The van der Waals surface area contributed by atoms with Crippen molar-refractivity contribution in [2.75, 3.05) is 25.1 Å². The van der Waals surface area contributed by atoms with Gasteiger partial charge in [0.25, 0.3) is 11.8 Å². The Bertz CT molecular complexity index is 1280. The molecule has 0 spiro atoms. The van der Waals surface area contributed by atoms with Gasteiger partial charge < -0.3 is 19.8 Å². The smallest absolute Gasteiger partial charge is 0.292 e. The number of amides is 2. The molecule has 10 heteroatoms. The summed E-state index contributed by atoms with van der Waals surface area (Å²) in [5, 5.41) is 5.79. The molecule has 0 aliphatic heterocycles. The van der Waals surface area contributed by atoms with E-state index in [0.29, 0.717) is 36.7 Å². The molecule has 4 rings (SSSR count). The van der Waals surface area contributed by atoms with Crippen LogP contribution in [0.5, 0.6) is 0 Å². The van der Waals surface area contributed by atoms with E-state index in [1.807, 2.05) is 6.92 Å². The largest absolute Gasteiger partial charge is 0.439 e. The first-order valence-corrected chi connectivity index (χ1v) is 13.4. The number of anilines is 1. The molecule has 2 aromatic heterocycles. The number of thiophene rings is 1. The zero-order valence-electron chi connectivity index (χ0n) is 18.8. The van der Waals surface area contributed by atoms with Crippen LogP contribution >= 0.6 is 11.3 Å². The van der Waals surface area contributed by atoms with Crippen LogP contribution in [0.4, 0.5) is 5.00 Å². The van der Waals surface area contributed by atoms with Crippen LogP contribution < -0.4 is 10.6 Å². The van der Waals surface area contributed by atoms with Crippen molar-refractivity contribution >= 4 is 38.0 Å². The van der Waals surface area contributed by atoms with E-state index in [9.17, 15) is 18.0 Å². The van der Waals surface area contributed by atoms with Gasteiger partial charge in [0.2, 0.25) is 14.9 Å².